The average molecular weight is 251 g/mol. The van der Waals surface area contributed by atoms with Crippen LogP contribution in [0.25, 0.3) is 0 Å². The van der Waals surface area contributed by atoms with E-state index in [0.717, 1.165) is 0 Å². The van der Waals surface area contributed by atoms with Crippen LogP contribution >= 0.6 is 0 Å². The number of nitrogens with two attached hydrogens (primary N) is 1. The molecule has 84 valence electrons. The number of benzene rings is 1. The maximum absolute atomic E-state index is 10.6. The molecule has 0 spiro atoms. The summed E-state index contributed by atoms with van der Waals surface area (Å²) in [6, 6.07) is 2.03. The zero-order valence-electron chi connectivity index (χ0n) is 7.08. The SMILES string of the molecule is Nc1cc(S(=O)(=O)[O-])ccc1S(=O)(=O)[O-]. The van der Waals surface area contributed by atoms with Gasteiger partial charge in [0, 0.05) is 0 Å². The molecule has 2 N–H and O–H groups in total. The Morgan fingerprint density at radius 1 is 1.00 bits per heavy atom. The largest absolute Gasteiger partial charge is 0.744 e. The summed E-state index contributed by atoms with van der Waals surface area (Å²) in [4.78, 5) is -1.44. The van der Waals surface area contributed by atoms with Crippen LogP contribution in [-0.2, 0) is 20.2 Å². The molecule has 0 radical (unpaired) electrons. The molecule has 0 atom stereocenters. The Hall–Kier alpha value is -1.16. The van der Waals surface area contributed by atoms with Crippen LogP contribution in [0.4, 0.5) is 5.69 Å². The van der Waals surface area contributed by atoms with Gasteiger partial charge in [0.2, 0.25) is 0 Å². The Labute approximate surface area is 86.0 Å². The van der Waals surface area contributed by atoms with Crippen molar-refractivity contribution < 1.29 is 25.9 Å². The first-order chi connectivity index (χ1) is 6.62. The molecule has 0 aliphatic rings. The van der Waals surface area contributed by atoms with Crippen LogP contribution in [-0.4, -0.2) is 25.9 Å². The lowest BCUT2D eigenvalue weighted by molar-refractivity contribution is 0.459. The quantitative estimate of drug-likeness (QED) is 0.529. The smallest absolute Gasteiger partial charge is 0.126 e. The summed E-state index contributed by atoms with van der Waals surface area (Å²) in [5.41, 5.74) is 4.55. The molecule has 0 saturated heterocycles. The van der Waals surface area contributed by atoms with E-state index >= 15 is 0 Å². The molecule has 0 aliphatic carbocycles. The van der Waals surface area contributed by atoms with Crippen LogP contribution in [0.5, 0.6) is 0 Å². The van der Waals surface area contributed by atoms with Gasteiger partial charge in [-0.1, -0.05) is 0 Å². The van der Waals surface area contributed by atoms with E-state index in [1.54, 1.807) is 0 Å². The third-order valence-electron chi connectivity index (χ3n) is 1.54. The van der Waals surface area contributed by atoms with Crippen LogP contribution in [0.1, 0.15) is 0 Å². The van der Waals surface area contributed by atoms with Crippen LogP contribution in [0.3, 0.4) is 0 Å². The van der Waals surface area contributed by atoms with Gasteiger partial charge in [0.05, 0.1) is 15.5 Å². The van der Waals surface area contributed by atoms with Crippen LogP contribution in [0, 0.1) is 0 Å². The zero-order chi connectivity index (χ0) is 11.9. The summed E-state index contributed by atoms with van der Waals surface area (Å²) in [5, 5.41) is 0. The van der Waals surface area contributed by atoms with Gasteiger partial charge in [0.25, 0.3) is 0 Å². The van der Waals surface area contributed by atoms with Crippen molar-refractivity contribution in [3.8, 4) is 0 Å². The molecule has 0 amide bonds. The van der Waals surface area contributed by atoms with E-state index in [-0.39, 0.29) is 0 Å². The fraction of sp³-hybridized carbons (Fsp3) is 0. The third-order valence-corrected chi connectivity index (χ3v) is 3.28. The monoisotopic (exact) mass is 251 g/mol. The Balaban J connectivity index is 3.47. The summed E-state index contributed by atoms with van der Waals surface area (Å²) >= 11 is 0. The topological polar surface area (TPSA) is 140 Å². The lowest BCUT2D eigenvalue weighted by atomic mass is 10.3. The summed E-state index contributed by atoms with van der Waals surface area (Å²) in [6.45, 7) is 0. The van der Waals surface area contributed by atoms with Gasteiger partial charge >= 0.3 is 0 Å². The van der Waals surface area contributed by atoms with Crippen molar-refractivity contribution in [2.24, 2.45) is 0 Å². The number of rotatable bonds is 2. The maximum atomic E-state index is 10.6. The van der Waals surface area contributed by atoms with E-state index in [1.807, 2.05) is 0 Å². The Morgan fingerprint density at radius 2 is 1.53 bits per heavy atom. The summed E-state index contributed by atoms with van der Waals surface area (Å²) in [7, 11) is -9.48. The lowest BCUT2D eigenvalue weighted by Crippen LogP contribution is -2.06. The predicted octanol–water partition coefficient (Wildman–Crippen LogP) is -0.923. The molecule has 0 heterocycles. The molecular weight excluding hydrogens is 246 g/mol. The first-order valence-corrected chi connectivity index (χ1v) is 6.25. The Bertz CT molecular complexity index is 588. The Kier molecular flexibility index (Phi) is 2.74. The minimum absolute atomic E-state index is 0.568. The van der Waals surface area contributed by atoms with Crippen molar-refractivity contribution in [2.45, 2.75) is 9.79 Å². The highest BCUT2D eigenvalue weighted by molar-refractivity contribution is 7.86. The van der Waals surface area contributed by atoms with Gasteiger partial charge in [-0.25, -0.2) is 16.8 Å². The molecule has 0 saturated carbocycles. The maximum Gasteiger partial charge on any atom is 0.126 e. The second kappa shape index (κ2) is 3.45. The molecule has 7 nitrogen and oxygen atoms in total. The lowest BCUT2D eigenvalue weighted by Gasteiger charge is -2.12. The molecule has 1 rings (SSSR count). The summed E-state index contributed by atoms with van der Waals surface area (Å²) in [6.07, 6.45) is 0. The molecule has 0 unspecified atom stereocenters. The van der Waals surface area contributed by atoms with E-state index in [1.165, 1.54) is 0 Å². The number of anilines is 1. The van der Waals surface area contributed by atoms with Crippen molar-refractivity contribution in [2.75, 3.05) is 5.73 Å². The fourth-order valence-electron chi connectivity index (χ4n) is 0.910. The van der Waals surface area contributed by atoms with Crippen molar-refractivity contribution in [3.05, 3.63) is 18.2 Å². The van der Waals surface area contributed by atoms with Gasteiger partial charge in [0.15, 0.2) is 0 Å². The van der Waals surface area contributed by atoms with Gasteiger partial charge in [-0.15, -0.1) is 0 Å². The van der Waals surface area contributed by atoms with Gasteiger partial charge in [-0.05, 0) is 18.2 Å². The zero-order valence-corrected chi connectivity index (χ0v) is 8.71. The second-order valence-corrected chi connectivity index (χ2v) is 5.34. The molecule has 0 bridgehead atoms. The van der Waals surface area contributed by atoms with Crippen LogP contribution in [0.15, 0.2) is 28.0 Å². The second-order valence-electron chi connectivity index (χ2n) is 2.61. The van der Waals surface area contributed by atoms with Gasteiger partial charge in [0.1, 0.15) is 20.2 Å². The van der Waals surface area contributed by atoms with Gasteiger partial charge in [-0.3, -0.25) is 0 Å². The molecular formula is C6H5NO6S2-2. The minimum Gasteiger partial charge on any atom is -0.744 e. The van der Waals surface area contributed by atoms with Crippen LogP contribution in [0.2, 0.25) is 0 Å². The summed E-state index contributed by atoms with van der Waals surface area (Å²) < 4.78 is 63.2. The molecule has 1 aromatic rings. The highest BCUT2D eigenvalue weighted by Gasteiger charge is 2.09. The molecule has 15 heavy (non-hydrogen) atoms. The standard InChI is InChI=1S/C6H7NO6S2/c7-5-3-4(14(8,9)10)1-2-6(5)15(11,12)13/h1-3H,7H2,(H,8,9,10)(H,11,12,13)/p-2. The van der Waals surface area contributed by atoms with E-state index in [0.29, 0.717) is 18.2 Å². The molecule has 0 fully saturated rings. The molecule has 0 aliphatic heterocycles. The Morgan fingerprint density at radius 3 is 1.87 bits per heavy atom. The highest BCUT2D eigenvalue weighted by atomic mass is 32.2. The van der Waals surface area contributed by atoms with Gasteiger partial charge in [-0.2, -0.15) is 0 Å². The summed E-state index contributed by atoms with van der Waals surface area (Å²) in [5.74, 6) is 0. The van der Waals surface area contributed by atoms with Crippen LogP contribution < -0.4 is 5.73 Å². The average Bonchev–Trinajstić information content (AvgIpc) is 1.99. The van der Waals surface area contributed by atoms with E-state index in [4.69, 9.17) is 5.73 Å². The predicted molar refractivity (Wildman–Crippen MR) is 46.8 cm³/mol. The first-order valence-electron chi connectivity index (χ1n) is 3.43. The fourth-order valence-corrected chi connectivity index (χ4v) is 2.00. The molecule has 9 heteroatoms. The third kappa shape index (κ3) is 2.65. The van der Waals surface area contributed by atoms with E-state index in [2.05, 4.69) is 0 Å². The number of hydrogen-bond donors (Lipinski definition) is 1. The van der Waals surface area contributed by atoms with Crippen molar-refractivity contribution in [1.29, 1.82) is 0 Å². The minimum atomic E-state index is -4.77. The molecule has 1 aromatic carbocycles. The first kappa shape index (κ1) is 11.9. The number of hydrogen-bond acceptors (Lipinski definition) is 7. The van der Waals surface area contributed by atoms with E-state index in [9.17, 15) is 25.9 Å². The normalized spacial score (nSPS) is 12.7. The van der Waals surface area contributed by atoms with Crippen molar-refractivity contribution >= 4 is 25.9 Å². The highest BCUT2D eigenvalue weighted by Crippen LogP contribution is 2.21. The number of nitrogen functional groups attached to an aromatic ring is 1. The van der Waals surface area contributed by atoms with Crippen molar-refractivity contribution in [3.63, 3.8) is 0 Å². The molecule has 0 aromatic heterocycles. The van der Waals surface area contributed by atoms with Gasteiger partial charge < -0.3 is 14.8 Å². The van der Waals surface area contributed by atoms with E-state index < -0.39 is 35.7 Å². The van der Waals surface area contributed by atoms with Crippen molar-refractivity contribution in [1.82, 2.24) is 0 Å².